The lowest BCUT2D eigenvalue weighted by molar-refractivity contribution is -0.383. The van der Waals surface area contributed by atoms with Crippen molar-refractivity contribution in [3.05, 3.63) is 64.3 Å². The van der Waals surface area contributed by atoms with Crippen LogP contribution in [0.15, 0.2) is 48.7 Å². The number of fused-ring (bicyclic) bond motifs is 1. The maximum atomic E-state index is 12.2. The van der Waals surface area contributed by atoms with Gasteiger partial charge in [0.1, 0.15) is 5.69 Å². The second-order valence-electron chi connectivity index (χ2n) is 7.17. The van der Waals surface area contributed by atoms with E-state index in [1.165, 1.54) is 6.07 Å². The molecule has 29 heavy (non-hydrogen) atoms. The Kier molecular flexibility index (Phi) is 4.75. The first kappa shape index (κ1) is 18.7. The summed E-state index contributed by atoms with van der Waals surface area (Å²) in [6.07, 6.45) is 2.75. The average Bonchev–Trinajstić information content (AvgIpc) is 3.22. The fourth-order valence-electron chi connectivity index (χ4n) is 3.68. The number of hydrogen-bond acceptors (Lipinski definition) is 5. The van der Waals surface area contributed by atoms with E-state index in [4.69, 9.17) is 0 Å². The molecule has 0 saturated carbocycles. The number of nitro groups is 1. The lowest BCUT2D eigenvalue weighted by Crippen LogP contribution is -2.30. The van der Waals surface area contributed by atoms with E-state index in [0.29, 0.717) is 18.7 Å². The summed E-state index contributed by atoms with van der Waals surface area (Å²) in [5, 5.41) is 15.8. The van der Waals surface area contributed by atoms with E-state index >= 15 is 0 Å². The molecule has 148 valence electrons. The first-order chi connectivity index (χ1) is 14.0. The smallest absolute Gasteiger partial charge is 0.294 e. The largest absolute Gasteiger partial charge is 0.379 e. The number of carbonyl (C=O) groups is 2. The summed E-state index contributed by atoms with van der Waals surface area (Å²) in [6, 6.07) is 12.4. The van der Waals surface area contributed by atoms with Crippen LogP contribution in [0, 0.1) is 16.0 Å². The number of aromatic amines is 1. The van der Waals surface area contributed by atoms with Crippen LogP contribution in [0.1, 0.15) is 18.9 Å². The highest BCUT2D eigenvalue weighted by atomic mass is 16.6. The second kappa shape index (κ2) is 7.38. The van der Waals surface area contributed by atoms with E-state index in [0.717, 1.165) is 21.4 Å². The number of aromatic nitrogens is 1. The number of nitrogens with zero attached hydrogens (tertiary/aromatic N) is 2. The van der Waals surface area contributed by atoms with E-state index in [2.05, 4.69) is 10.3 Å². The Morgan fingerprint density at radius 3 is 2.76 bits per heavy atom. The van der Waals surface area contributed by atoms with Gasteiger partial charge in [0.05, 0.1) is 10.6 Å². The number of amides is 2. The van der Waals surface area contributed by atoms with Crippen LogP contribution in [-0.2, 0) is 16.0 Å². The van der Waals surface area contributed by atoms with E-state index in [-0.39, 0.29) is 29.6 Å². The van der Waals surface area contributed by atoms with Crippen LogP contribution in [0.5, 0.6) is 0 Å². The Balaban J connectivity index is 1.52. The first-order valence-electron chi connectivity index (χ1n) is 9.40. The van der Waals surface area contributed by atoms with Crippen LogP contribution < -0.4 is 10.2 Å². The third kappa shape index (κ3) is 3.44. The number of rotatable bonds is 6. The lowest BCUT2D eigenvalue weighted by atomic mass is 10.1. The van der Waals surface area contributed by atoms with E-state index in [1.54, 1.807) is 19.1 Å². The summed E-state index contributed by atoms with van der Waals surface area (Å²) >= 11 is 0. The summed E-state index contributed by atoms with van der Waals surface area (Å²) < 4.78 is 0. The summed E-state index contributed by atoms with van der Waals surface area (Å²) in [4.78, 5) is 39.6. The van der Waals surface area contributed by atoms with Gasteiger partial charge in [-0.2, -0.15) is 0 Å². The van der Waals surface area contributed by atoms with Crippen molar-refractivity contribution in [2.45, 2.75) is 19.8 Å². The van der Waals surface area contributed by atoms with Gasteiger partial charge in [-0.3, -0.25) is 24.6 Å². The van der Waals surface area contributed by atoms with Gasteiger partial charge >= 0.3 is 0 Å². The zero-order chi connectivity index (χ0) is 20.5. The van der Waals surface area contributed by atoms with Gasteiger partial charge < -0.3 is 10.3 Å². The molecule has 4 rings (SSSR count). The molecule has 2 heterocycles. The summed E-state index contributed by atoms with van der Waals surface area (Å²) in [5.74, 6) is -1.07. The van der Waals surface area contributed by atoms with E-state index in [9.17, 15) is 19.7 Å². The number of hydrogen-bond donors (Lipinski definition) is 2. The van der Waals surface area contributed by atoms with Crippen LogP contribution in [0.2, 0.25) is 0 Å². The van der Waals surface area contributed by atoms with Crippen molar-refractivity contribution in [2.75, 3.05) is 16.8 Å². The molecular weight excluding hydrogens is 372 g/mol. The topological polar surface area (TPSA) is 108 Å². The third-order valence-corrected chi connectivity index (χ3v) is 5.19. The zero-order valence-electron chi connectivity index (χ0n) is 15.8. The highest BCUT2D eigenvalue weighted by Gasteiger charge is 2.37. The standard InChI is InChI=1S/C21H20N4O4/c1-13-10-20(26)24(21(13)27)15-6-7-18(19(11-15)25(28)29)22-9-8-14-12-23-17-5-3-2-4-16(14)17/h2-7,11-13,22-23H,8-10H2,1H3/t13-/m1/s1. The summed E-state index contributed by atoms with van der Waals surface area (Å²) in [6.45, 7) is 2.18. The minimum absolute atomic E-state index is 0.122. The SMILES string of the molecule is C[C@@H]1CC(=O)N(c2ccc(NCCc3c[nH]c4ccccc34)c([N+](=O)[O-])c2)C1=O. The number of nitro benzene ring substituents is 1. The van der Waals surface area contributed by atoms with Crippen LogP contribution in [-0.4, -0.2) is 28.3 Å². The highest BCUT2D eigenvalue weighted by Crippen LogP contribution is 2.33. The van der Waals surface area contributed by atoms with Gasteiger partial charge in [0.15, 0.2) is 0 Å². The number of carbonyl (C=O) groups excluding carboxylic acids is 2. The molecule has 1 fully saturated rings. The molecule has 0 bridgehead atoms. The third-order valence-electron chi connectivity index (χ3n) is 5.19. The molecule has 2 amide bonds. The monoisotopic (exact) mass is 392 g/mol. The summed E-state index contributed by atoms with van der Waals surface area (Å²) in [7, 11) is 0. The van der Waals surface area contributed by atoms with E-state index in [1.807, 2.05) is 30.5 Å². The quantitative estimate of drug-likeness (QED) is 0.378. The van der Waals surface area contributed by atoms with E-state index < -0.39 is 10.8 Å². The van der Waals surface area contributed by atoms with Crippen LogP contribution in [0.3, 0.4) is 0 Å². The Hall–Kier alpha value is -3.68. The van der Waals surface area contributed by atoms with Gasteiger partial charge in [0.2, 0.25) is 11.8 Å². The first-order valence-corrected chi connectivity index (χ1v) is 9.40. The molecule has 3 aromatic rings. The Morgan fingerprint density at radius 2 is 2.03 bits per heavy atom. The van der Waals surface area contributed by atoms with Crippen LogP contribution >= 0.6 is 0 Å². The fraction of sp³-hybridized carbons (Fsp3) is 0.238. The molecule has 1 saturated heterocycles. The van der Waals surface area contributed by atoms with Gasteiger partial charge in [-0.1, -0.05) is 25.1 Å². The molecular formula is C21H20N4O4. The normalized spacial score (nSPS) is 16.6. The molecule has 2 N–H and O–H groups in total. The molecule has 2 aromatic carbocycles. The second-order valence-corrected chi connectivity index (χ2v) is 7.17. The number of nitrogens with one attached hydrogen (secondary N) is 2. The lowest BCUT2D eigenvalue weighted by Gasteiger charge is -2.15. The maximum absolute atomic E-state index is 12.2. The molecule has 1 aliphatic heterocycles. The average molecular weight is 392 g/mol. The molecule has 1 aliphatic rings. The predicted molar refractivity (Wildman–Crippen MR) is 110 cm³/mol. The van der Waals surface area contributed by atoms with Crippen molar-refractivity contribution in [3.63, 3.8) is 0 Å². The Morgan fingerprint density at radius 1 is 1.24 bits per heavy atom. The number of para-hydroxylation sites is 1. The predicted octanol–water partition coefficient (Wildman–Crippen LogP) is 3.63. The molecule has 8 nitrogen and oxygen atoms in total. The molecule has 0 radical (unpaired) electrons. The number of anilines is 2. The van der Waals surface area contributed by atoms with Crippen molar-refractivity contribution in [2.24, 2.45) is 5.92 Å². The number of benzene rings is 2. The molecule has 0 spiro atoms. The van der Waals surface area contributed by atoms with Crippen molar-refractivity contribution < 1.29 is 14.5 Å². The molecule has 0 aliphatic carbocycles. The van der Waals surface area contributed by atoms with Crippen molar-refractivity contribution in [3.8, 4) is 0 Å². The van der Waals surface area contributed by atoms with Crippen molar-refractivity contribution >= 4 is 39.8 Å². The number of H-pyrrole nitrogens is 1. The highest BCUT2D eigenvalue weighted by molar-refractivity contribution is 6.21. The molecule has 1 aromatic heterocycles. The van der Waals surface area contributed by atoms with Gasteiger partial charge in [0.25, 0.3) is 5.69 Å². The Bertz CT molecular complexity index is 1120. The minimum Gasteiger partial charge on any atom is -0.379 e. The van der Waals surface area contributed by atoms with Crippen molar-refractivity contribution in [1.82, 2.24) is 4.98 Å². The fourth-order valence-corrected chi connectivity index (χ4v) is 3.68. The Labute approximate surface area is 166 Å². The van der Waals surface area contributed by atoms with Crippen LogP contribution in [0.25, 0.3) is 10.9 Å². The van der Waals surface area contributed by atoms with Gasteiger partial charge in [-0.25, -0.2) is 0 Å². The van der Waals surface area contributed by atoms with Crippen molar-refractivity contribution in [1.29, 1.82) is 0 Å². The molecule has 0 unspecified atom stereocenters. The number of imide groups is 1. The van der Waals surface area contributed by atoms with Gasteiger partial charge in [-0.15, -0.1) is 0 Å². The van der Waals surface area contributed by atoms with Gasteiger partial charge in [-0.05, 0) is 30.2 Å². The van der Waals surface area contributed by atoms with Crippen LogP contribution in [0.4, 0.5) is 17.1 Å². The maximum Gasteiger partial charge on any atom is 0.294 e. The zero-order valence-corrected chi connectivity index (χ0v) is 15.8. The minimum atomic E-state index is -0.508. The van der Waals surface area contributed by atoms with Gasteiger partial charge in [0, 0.05) is 42.0 Å². The summed E-state index contributed by atoms with van der Waals surface area (Å²) in [5.41, 5.74) is 2.59. The molecule has 8 heteroatoms. The molecule has 1 atom stereocenters.